The molecule has 0 bridgehead atoms. The van der Waals surface area contributed by atoms with Crippen LogP contribution in [-0.4, -0.2) is 33.0 Å². The fraction of sp³-hybridized carbons (Fsp3) is 0.769. The summed E-state index contributed by atoms with van der Waals surface area (Å²) in [7, 11) is 1.71. The highest BCUT2D eigenvalue weighted by atomic mass is 16.6. The van der Waals surface area contributed by atoms with Crippen LogP contribution >= 0.6 is 0 Å². The van der Waals surface area contributed by atoms with Gasteiger partial charge in [-0.15, -0.1) is 0 Å². The molecular formula is C13H24N4O3. The first kappa shape index (κ1) is 16.4. The van der Waals surface area contributed by atoms with Crippen LogP contribution in [0.25, 0.3) is 0 Å². The van der Waals surface area contributed by atoms with Crippen LogP contribution in [0.2, 0.25) is 0 Å². The van der Waals surface area contributed by atoms with E-state index in [9.17, 15) is 10.1 Å². The molecule has 0 aliphatic rings. The van der Waals surface area contributed by atoms with E-state index in [0.29, 0.717) is 18.1 Å². The molecule has 7 nitrogen and oxygen atoms in total. The lowest BCUT2D eigenvalue weighted by atomic mass is 10.1. The number of nitro groups is 1. The number of aryl methyl sites for hydroxylation is 1. The molecule has 1 aromatic heterocycles. The number of nitrogens with one attached hydrogen (secondary N) is 1. The first-order chi connectivity index (χ1) is 9.38. The Labute approximate surface area is 119 Å². The van der Waals surface area contributed by atoms with Crippen molar-refractivity contribution >= 4 is 11.5 Å². The molecule has 0 aromatic carbocycles. The summed E-state index contributed by atoms with van der Waals surface area (Å²) in [5.41, 5.74) is 0.571. The van der Waals surface area contributed by atoms with Crippen molar-refractivity contribution in [2.45, 2.75) is 39.5 Å². The van der Waals surface area contributed by atoms with Crippen molar-refractivity contribution in [3.63, 3.8) is 0 Å². The maximum Gasteiger partial charge on any atom is 0.334 e. The molecule has 1 heterocycles. The lowest BCUT2D eigenvalue weighted by Crippen LogP contribution is -2.10. The first-order valence-electron chi connectivity index (χ1n) is 6.94. The highest BCUT2D eigenvalue weighted by Gasteiger charge is 2.28. The Balaban J connectivity index is 2.76. The number of aliphatic hydroxyl groups is 1. The number of rotatable bonds is 8. The molecular weight excluding hydrogens is 260 g/mol. The van der Waals surface area contributed by atoms with Gasteiger partial charge in [0.15, 0.2) is 0 Å². The van der Waals surface area contributed by atoms with Crippen LogP contribution in [0, 0.1) is 16.0 Å². The predicted molar refractivity (Wildman–Crippen MR) is 77.9 cm³/mol. The van der Waals surface area contributed by atoms with Gasteiger partial charge >= 0.3 is 5.69 Å². The summed E-state index contributed by atoms with van der Waals surface area (Å²) in [5.74, 6) is 0.714. The average Bonchev–Trinajstić information content (AvgIpc) is 2.72. The van der Waals surface area contributed by atoms with Gasteiger partial charge in [0.1, 0.15) is 5.69 Å². The van der Waals surface area contributed by atoms with Gasteiger partial charge in [-0.2, -0.15) is 5.10 Å². The Morgan fingerprint density at radius 2 is 2.10 bits per heavy atom. The van der Waals surface area contributed by atoms with E-state index in [2.05, 4.69) is 10.4 Å². The molecule has 114 valence electrons. The molecule has 1 atom stereocenters. The van der Waals surface area contributed by atoms with Crippen molar-refractivity contribution in [2.24, 2.45) is 13.0 Å². The second-order valence-corrected chi connectivity index (χ2v) is 5.47. The summed E-state index contributed by atoms with van der Waals surface area (Å²) in [6, 6.07) is 0. The monoisotopic (exact) mass is 284 g/mol. The minimum atomic E-state index is -0.374. The summed E-state index contributed by atoms with van der Waals surface area (Å²) in [6.07, 6.45) is 1.73. The smallest absolute Gasteiger partial charge is 0.334 e. The third-order valence-electron chi connectivity index (χ3n) is 3.26. The Morgan fingerprint density at radius 1 is 1.45 bits per heavy atom. The molecule has 0 saturated heterocycles. The maximum atomic E-state index is 11.2. The third-order valence-corrected chi connectivity index (χ3v) is 3.26. The van der Waals surface area contributed by atoms with E-state index in [4.69, 9.17) is 5.11 Å². The van der Waals surface area contributed by atoms with E-state index in [1.54, 1.807) is 7.05 Å². The van der Waals surface area contributed by atoms with Crippen molar-refractivity contribution in [1.29, 1.82) is 0 Å². The van der Waals surface area contributed by atoms with Gasteiger partial charge in [0.2, 0.25) is 5.82 Å². The van der Waals surface area contributed by atoms with Crippen LogP contribution in [0.5, 0.6) is 0 Å². The lowest BCUT2D eigenvalue weighted by Gasteiger charge is -2.09. The fourth-order valence-corrected chi connectivity index (χ4v) is 2.05. The molecule has 0 radical (unpaired) electrons. The van der Waals surface area contributed by atoms with Gasteiger partial charge in [-0.05, 0) is 18.8 Å². The molecule has 0 saturated carbocycles. The Morgan fingerprint density at radius 3 is 2.60 bits per heavy atom. The van der Waals surface area contributed by atoms with E-state index >= 15 is 0 Å². The normalized spacial score (nSPS) is 12.7. The van der Waals surface area contributed by atoms with Crippen molar-refractivity contribution < 1.29 is 10.0 Å². The van der Waals surface area contributed by atoms with E-state index in [-0.39, 0.29) is 29.1 Å². The minimum absolute atomic E-state index is 0.00608. The van der Waals surface area contributed by atoms with Crippen molar-refractivity contribution in [2.75, 3.05) is 18.5 Å². The molecule has 2 N–H and O–H groups in total. The first-order valence-corrected chi connectivity index (χ1v) is 6.94. The third kappa shape index (κ3) is 3.93. The zero-order valence-electron chi connectivity index (χ0n) is 12.6. The van der Waals surface area contributed by atoms with Gasteiger partial charge in [-0.3, -0.25) is 10.1 Å². The SMILES string of the molecule is CC(CO)CCCNc1c([N+](=O)[O-])c(C(C)C)nn1C. The van der Waals surface area contributed by atoms with Gasteiger partial charge in [0.25, 0.3) is 0 Å². The highest BCUT2D eigenvalue weighted by molar-refractivity contribution is 5.60. The van der Waals surface area contributed by atoms with Crippen LogP contribution in [0.1, 0.15) is 45.2 Å². The number of hydrogen-bond donors (Lipinski definition) is 2. The zero-order chi connectivity index (χ0) is 15.3. The van der Waals surface area contributed by atoms with Gasteiger partial charge < -0.3 is 10.4 Å². The van der Waals surface area contributed by atoms with Gasteiger partial charge in [0.05, 0.1) is 4.92 Å². The summed E-state index contributed by atoms with van der Waals surface area (Å²) in [4.78, 5) is 10.9. The number of hydrogen-bond acceptors (Lipinski definition) is 5. The molecule has 7 heteroatoms. The number of nitrogens with zero attached hydrogens (tertiary/aromatic N) is 3. The molecule has 0 aliphatic heterocycles. The largest absolute Gasteiger partial charge is 0.396 e. The Hall–Kier alpha value is -1.63. The van der Waals surface area contributed by atoms with Crippen molar-refractivity contribution in [3.05, 3.63) is 15.8 Å². The second kappa shape index (κ2) is 7.23. The molecule has 0 amide bonds. The predicted octanol–water partition coefficient (Wildman–Crippen LogP) is 2.27. The van der Waals surface area contributed by atoms with E-state index in [0.717, 1.165) is 12.8 Å². The van der Waals surface area contributed by atoms with Gasteiger partial charge in [-0.25, -0.2) is 4.68 Å². The quantitative estimate of drug-likeness (QED) is 0.434. The standard InChI is InChI=1S/C13H24N4O3/c1-9(2)11-12(17(19)20)13(16(4)15-11)14-7-5-6-10(3)8-18/h9-10,14,18H,5-8H2,1-4H3. The van der Waals surface area contributed by atoms with Crippen LogP contribution in [0.3, 0.4) is 0 Å². The van der Waals surface area contributed by atoms with E-state index < -0.39 is 0 Å². The maximum absolute atomic E-state index is 11.2. The molecule has 0 fully saturated rings. The van der Waals surface area contributed by atoms with Crippen molar-refractivity contribution in [3.8, 4) is 0 Å². The minimum Gasteiger partial charge on any atom is -0.396 e. The van der Waals surface area contributed by atoms with Gasteiger partial charge in [0, 0.05) is 26.1 Å². The second-order valence-electron chi connectivity index (χ2n) is 5.47. The van der Waals surface area contributed by atoms with Crippen LogP contribution in [-0.2, 0) is 7.05 Å². The zero-order valence-corrected chi connectivity index (χ0v) is 12.6. The highest BCUT2D eigenvalue weighted by Crippen LogP contribution is 2.32. The number of aromatic nitrogens is 2. The van der Waals surface area contributed by atoms with Crippen LogP contribution in [0.4, 0.5) is 11.5 Å². The summed E-state index contributed by atoms with van der Waals surface area (Å²) in [5, 5.41) is 27.5. The summed E-state index contributed by atoms with van der Waals surface area (Å²) < 4.78 is 1.53. The van der Waals surface area contributed by atoms with E-state index in [1.165, 1.54) is 4.68 Å². The van der Waals surface area contributed by atoms with Crippen molar-refractivity contribution in [1.82, 2.24) is 9.78 Å². The molecule has 1 aromatic rings. The van der Waals surface area contributed by atoms with Gasteiger partial charge in [-0.1, -0.05) is 20.8 Å². The molecule has 20 heavy (non-hydrogen) atoms. The topological polar surface area (TPSA) is 93.2 Å². The molecule has 0 aliphatic carbocycles. The summed E-state index contributed by atoms with van der Waals surface area (Å²) >= 11 is 0. The lowest BCUT2D eigenvalue weighted by molar-refractivity contribution is -0.384. The van der Waals surface area contributed by atoms with Crippen LogP contribution < -0.4 is 5.32 Å². The summed E-state index contributed by atoms with van der Waals surface area (Å²) in [6.45, 7) is 6.55. The fourth-order valence-electron chi connectivity index (χ4n) is 2.05. The van der Waals surface area contributed by atoms with E-state index in [1.807, 2.05) is 20.8 Å². The Kier molecular flexibility index (Phi) is 5.94. The molecule has 0 spiro atoms. The number of aliphatic hydroxyl groups excluding tert-OH is 1. The molecule has 1 unspecified atom stereocenters. The van der Waals surface area contributed by atoms with Crippen LogP contribution in [0.15, 0.2) is 0 Å². The average molecular weight is 284 g/mol. The molecule has 1 rings (SSSR count). The Bertz CT molecular complexity index is 457. The number of anilines is 1.